The Morgan fingerprint density at radius 1 is 1.35 bits per heavy atom. The van der Waals surface area contributed by atoms with Gasteiger partial charge in [-0.15, -0.1) is 0 Å². The minimum atomic E-state index is -0.00955. The van der Waals surface area contributed by atoms with Crippen LogP contribution in [0.4, 0.5) is 5.69 Å². The molecule has 2 rings (SSSR count). The molecule has 4 heteroatoms. The summed E-state index contributed by atoms with van der Waals surface area (Å²) in [6.45, 7) is 0.760. The molecule has 17 heavy (non-hydrogen) atoms. The summed E-state index contributed by atoms with van der Waals surface area (Å²) in [5.74, 6) is -0.00955. The number of amides is 1. The van der Waals surface area contributed by atoms with Crippen LogP contribution in [0.25, 0.3) is 0 Å². The first-order valence-corrected chi connectivity index (χ1v) is 5.91. The summed E-state index contributed by atoms with van der Waals surface area (Å²) in [5.41, 5.74) is 1.50. The molecule has 0 saturated carbocycles. The maximum atomic E-state index is 11.9. The Bertz CT molecular complexity index is 468. The Kier molecular flexibility index (Phi) is 3.54. The summed E-state index contributed by atoms with van der Waals surface area (Å²) in [5, 5.41) is 3.08. The lowest BCUT2D eigenvalue weighted by Gasteiger charge is -2.23. The summed E-state index contributed by atoms with van der Waals surface area (Å²) in [7, 11) is 1.79. The van der Waals surface area contributed by atoms with Crippen molar-refractivity contribution in [3.8, 4) is 0 Å². The Labute approximate surface area is 106 Å². The van der Waals surface area contributed by atoms with Gasteiger partial charge in [-0.25, -0.2) is 0 Å². The fourth-order valence-electron chi connectivity index (χ4n) is 1.71. The number of nitrogens with zero attached hydrogens (tertiary/aromatic N) is 1. The third-order valence-electron chi connectivity index (χ3n) is 2.67. The van der Waals surface area contributed by atoms with Crippen molar-refractivity contribution >= 4 is 28.8 Å². The van der Waals surface area contributed by atoms with E-state index in [1.54, 1.807) is 11.9 Å². The average Bonchev–Trinajstić information content (AvgIpc) is 2.34. The van der Waals surface area contributed by atoms with Crippen molar-refractivity contribution in [1.82, 2.24) is 4.90 Å². The van der Waals surface area contributed by atoms with Crippen LogP contribution in [0.15, 0.2) is 42.0 Å². The molecule has 0 atom stereocenters. The summed E-state index contributed by atoms with van der Waals surface area (Å²) < 4.78 is 0. The van der Waals surface area contributed by atoms with Crippen LogP contribution in [0.1, 0.15) is 6.42 Å². The van der Waals surface area contributed by atoms with Crippen LogP contribution in [-0.4, -0.2) is 29.4 Å². The van der Waals surface area contributed by atoms with Gasteiger partial charge in [0.15, 0.2) is 0 Å². The quantitative estimate of drug-likeness (QED) is 0.812. The van der Waals surface area contributed by atoms with E-state index in [0.29, 0.717) is 10.6 Å². The molecule has 1 amide bonds. The highest BCUT2D eigenvalue weighted by Crippen LogP contribution is 2.14. The fraction of sp³-hybridized carbons (Fsp3) is 0.231. The zero-order valence-corrected chi connectivity index (χ0v) is 10.5. The van der Waals surface area contributed by atoms with Gasteiger partial charge in [-0.3, -0.25) is 4.79 Å². The Hall–Kier alpha value is -1.68. The van der Waals surface area contributed by atoms with Crippen LogP contribution in [0, 0.1) is 0 Å². The van der Waals surface area contributed by atoms with E-state index in [0.717, 1.165) is 18.7 Å². The number of rotatable bonds is 2. The third-order valence-corrected chi connectivity index (χ3v) is 2.99. The number of carbonyl (C=O) groups excluding carboxylic acids is 1. The van der Waals surface area contributed by atoms with Crippen LogP contribution >= 0.6 is 12.2 Å². The molecule has 0 fully saturated rings. The predicted octanol–water partition coefficient (Wildman–Crippen LogP) is 2.21. The Morgan fingerprint density at radius 3 is 2.76 bits per heavy atom. The lowest BCUT2D eigenvalue weighted by Crippen LogP contribution is -2.35. The molecule has 1 heterocycles. The maximum Gasteiger partial charge on any atom is 0.256 e. The molecular weight excluding hydrogens is 232 g/mol. The van der Waals surface area contributed by atoms with Gasteiger partial charge in [0.2, 0.25) is 0 Å². The molecule has 0 radical (unpaired) electrons. The van der Waals surface area contributed by atoms with E-state index in [1.807, 2.05) is 36.4 Å². The van der Waals surface area contributed by atoms with E-state index >= 15 is 0 Å². The number of nitrogens with one attached hydrogen (secondary N) is 1. The topological polar surface area (TPSA) is 32.3 Å². The van der Waals surface area contributed by atoms with Gasteiger partial charge in [-0.2, -0.15) is 0 Å². The second-order valence-electron chi connectivity index (χ2n) is 3.95. The van der Waals surface area contributed by atoms with Crippen LogP contribution in [0.2, 0.25) is 0 Å². The highest BCUT2D eigenvalue weighted by Gasteiger charge is 2.21. The minimum Gasteiger partial charge on any atom is -0.346 e. The molecule has 1 aromatic rings. The van der Waals surface area contributed by atoms with Crippen molar-refractivity contribution < 1.29 is 4.79 Å². The number of likely N-dealkylation sites (N-methyl/N-ethyl adjacent to an activating group) is 1. The number of carbonyl (C=O) groups is 1. The molecule has 0 aromatic heterocycles. The number of hydrogen-bond acceptors (Lipinski definition) is 2. The summed E-state index contributed by atoms with van der Waals surface area (Å²) in [4.78, 5) is 14.1. The van der Waals surface area contributed by atoms with Gasteiger partial charge in [0.25, 0.3) is 5.91 Å². The normalized spacial score (nSPS) is 15.5. The molecule has 1 aromatic carbocycles. The Morgan fingerprint density at radius 2 is 2.06 bits per heavy atom. The van der Waals surface area contributed by atoms with Gasteiger partial charge < -0.3 is 10.2 Å². The predicted molar refractivity (Wildman–Crippen MR) is 73.0 cm³/mol. The van der Waals surface area contributed by atoms with Crippen molar-refractivity contribution in [1.29, 1.82) is 0 Å². The lowest BCUT2D eigenvalue weighted by molar-refractivity contribution is -0.125. The van der Waals surface area contributed by atoms with Crippen molar-refractivity contribution in [3.05, 3.63) is 42.0 Å². The molecular formula is C13H14N2OS. The minimum absolute atomic E-state index is 0.00955. The van der Waals surface area contributed by atoms with Crippen LogP contribution in [-0.2, 0) is 4.79 Å². The van der Waals surface area contributed by atoms with Crippen molar-refractivity contribution in [3.63, 3.8) is 0 Å². The van der Waals surface area contributed by atoms with Gasteiger partial charge in [-0.05, 0) is 18.6 Å². The fourth-order valence-corrected chi connectivity index (χ4v) is 2.00. The first-order chi connectivity index (χ1) is 8.18. The van der Waals surface area contributed by atoms with E-state index in [-0.39, 0.29) is 5.91 Å². The molecule has 1 aliphatic rings. The smallest absolute Gasteiger partial charge is 0.256 e. The molecule has 1 N–H and O–H groups in total. The first-order valence-electron chi connectivity index (χ1n) is 5.50. The van der Waals surface area contributed by atoms with Crippen molar-refractivity contribution in [2.45, 2.75) is 6.42 Å². The van der Waals surface area contributed by atoms with Crippen LogP contribution < -0.4 is 5.32 Å². The average molecular weight is 246 g/mol. The molecule has 1 aliphatic heterocycles. The van der Waals surface area contributed by atoms with Gasteiger partial charge in [0.05, 0.1) is 5.57 Å². The summed E-state index contributed by atoms with van der Waals surface area (Å²) >= 11 is 5.26. The van der Waals surface area contributed by atoms with Gasteiger partial charge >= 0.3 is 0 Å². The van der Waals surface area contributed by atoms with E-state index in [9.17, 15) is 4.79 Å². The molecule has 0 spiro atoms. The van der Waals surface area contributed by atoms with E-state index in [1.165, 1.54) is 0 Å². The molecule has 3 nitrogen and oxygen atoms in total. The number of anilines is 1. The standard InChI is InChI=1S/C13H14N2OS/c1-15-9-5-8-11(13(15)16)12(17)14-10-6-3-2-4-7-10/h2-4,6-8H,5,9H2,1H3,(H,14,17). The van der Waals surface area contributed by atoms with Gasteiger partial charge in [0, 0.05) is 19.3 Å². The first kappa shape index (κ1) is 11.8. The van der Waals surface area contributed by atoms with E-state index < -0.39 is 0 Å². The highest BCUT2D eigenvalue weighted by atomic mass is 32.1. The number of hydrogen-bond donors (Lipinski definition) is 1. The second kappa shape index (κ2) is 5.10. The summed E-state index contributed by atoms with van der Waals surface area (Å²) in [6.07, 6.45) is 2.76. The van der Waals surface area contributed by atoms with E-state index in [4.69, 9.17) is 12.2 Å². The zero-order valence-electron chi connectivity index (χ0n) is 9.64. The van der Waals surface area contributed by atoms with Crippen LogP contribution in [0.5, 0.6) is 0 Å². The van der Waals surface area contributed by atoms with Crippen LogP contribution in [0.3, 0.4) is 0 Å². The number of para-hydroxylation sites is 1. The van der Waals surface area contributed by atoms with Crippen molar-refractivity contribution in [2.24, 2.45) is 0 Å². The highest BCUT2D eigenvalue weighted by molar-refractivity contribution is 7.81. The zero-order chi connectivity index (χ0) is 12.3. The molecule has 0 aliphatic carbocycles. The molecule has 0 unspecified atom stereocenters. The number of benzene rings is 1. The lowest BCUT2D eigenvalue weighted by atomic mass is 10.1. The third kappa shape index (κ3) is 2.71. The van der Waals surface area contributed by atoms with Gasteiger partial charge in [-0.1, -0.05) is 36.5 Å². The second-order valence-corrected chi connectivity index (χ2v) is 4.36. The monoisotopic (exact) mass is 246 g/mol. The van der Waals surface area contributed by atoms with Crippen molar-refractivity contribution in [2.75, 3.05) is 18.9 Å². The molecule has 0 bridgehead atoms. The Balaban J connectivity index is 2.11. The SMILES string of the molecule is CN1CCC=C(C(=S)Nc2ccccc2)C1=O. The molecule has 88 valence electrons. The molecule has 0 saturated heterocycles. The summed E-state index contributed by atoms with van der Waals surface area (Å²) in [6, 6.07) is 9.63. The largest absolute Gasteiger partial charge is 0.346 e. The van der Waals surface area contributed by atoms with E-state index in [2.05, 4.69) is 5.32 Å². The maximum absolute atomic E-state index is 11.9. The van der Waals surface area contributed by atoms with Gasteiger partial charge in [0.1, 0.15) is 4.99 Å². The number of thiocarbonyl (C=S) groups is 1.